The third-order valence-corrected chi connectivity index (χ3v) is 6.17. The quantitative estimate of drug-likeness (QED) is 0.564. The van der Waals surface area contributed by atoms with Crippen molar-refractivity contribution >= 4 is 23.2 Å². The van der Waals surface area contributed by atoms with Crippen LogP contribution >= 0.6 is 11.6 Å². The van der Waals surface area contributed by atoms with Gasteiger partial charge in [-0.15, -0.1) is 6.58 Å². The molecule has 1 aromatic rings. The Balaban J connectivity index is 1.72. The van der Waals surface area contributed by atoms with Crippen LogP contribution in [0.2, 0.25) is 5.02 Å². The standard InChI is InChI=1S/C20H28ClN3O2/c1-3-6-14-17(22)16(21)13-15(18(14)26-2)19(25)23-10-9-20-7-4-11-24(20)12-5-8-20/h3,13H,1,4-12,22H2,2H3,(H,23,25). The Kier molecular flexibility index (Phi) is 5.78. The average Bonchev–Trinajstić information content (AvgIpc) is 3.18. The number of halogens is 1. The molecule has 0 atom stereocenters. The molecule has 0 bridgehead atoms. The number of allylic oxidation sites excluding steroid dienone is 1. The van der Waals surface area contributed by atoms with Gasteiger partial charge < -0.3 is 15.8 Å². The number of amides is 1. The molecule has 1 amide bonds. The van der Waals surface area contributed by atoms with Crippen LogP contribution in [0.4, 0.5) is 5.69 Å². The Bertz CT molecular complexity index is 695. The Morgan fingerprint density at radius 3 is 2.77 bits per heavy atom. The molecule has 2 aliphatic heterocycles. The summed E-state index contributed by atoms with van der Waals surface area (Å²) >= 11 is 6.24. The third-order valence-electron chi connectivity index (χ3n) is 5.86. The minimum Gasteiger partial charge on any atom is -0.496 e. The second-order valence-corrected chi connectivity index (χ2v) is 7.66. The van der Waals surface area contributed by atoms with E-state index < -0.39 is 0 Å². The van der Waals surface area contributed by atoms with Gasteiger partial charge in [0, 0.05) is 17.6 Å². The van der Waals surface area contributed by atoms with E-state index in [0.717, 1.165) is 6.42 Å². The molecule has 0 aliphatic carbocycles. The monoisotopic (exact) mass is 377 g/mol. The maximum absolute atomic E-state index is 12.8. The van der Waals surface area contributed by atoms with Crippen molar-refractivity contribution in [2.24, 2.45) is 0 Å². The van der Waals surface area contributed by atoms with Crippen molar-refractivity contribution in [1.29, 1.82) is 0 Å². The van der Waals surface area contributed by atoms with Crippen LogP contribution in [0.15, 0.2) is 18.7 Å². The minimum atomic E-state index is -0.173. The van der Waals surface area contributed by atoms with E-state index in [0.29, 0.717) is 46.1 Å². The lowest BCUT2D eigenvalue weighted by atomic mass is 9.90. The maximum Gasteiger partial charge on any atom is 0.255 e. The molecular weight excluding hydrogens is 350 g/mol. The van der Waals surface area contributed by atoms with Gasteiger partial charge in [0.05, 0.1) is 23.4 Å². The van der Waals surface area contributed by atoms with Gasteiger partial charge in [0.1, 0.15) is 5.75 Å². The second-order valence-electron chi connectivity index (χ2n) is 7.25. The summed E-state index contributed by atoms with van der Waals surface area (Å²) in [6, 6.07) is 1.59. The SMILES string of the molecule is C=CCc1c(N)c(Cl)cc(C(=O)NCCC23CCCN2CCC3)c1OC. The molecule has 2 heterocycles. The van der Waals surface area contributed by atoms with Crippen molar-refractivity contribution < 1.29 is 9.53 Å². The highest BCUT2D eigenvalue weighted by Crippen LogP contribution is 2.41. The van der Waals surface area contributed by atoms with Crippen molar-refractivity contribution in [1.82, 2.24) is 10.2 Å². The zero-order chi connectivity index (χ0) is 18.7. The summed E-state index contributed by atoms with van der Waals surface area (Å²) in [7, 11) is 1.54. The van der Waals surface area contributed by atoms with E-state index in [-0.39, 0.29) is 5.91 Å². The number of hydrogen-bond donors (Lipinski definition) is 2. The molecule has 6 heteroatoms. The molecule has 2 saturated heterocycles. The number of carbonyl (C=O) groups excluding carboxylic acids is 1. The second kappa shape index (κ2) is 7.89. The van der Waals surface area contributed by atoms with Crippen LogP contribution in [0.3, 0.4) is 0 Å². The molecule has 142 valence electrons. The highest BCUT2D eigenvalue weighted by molar-refractivity contribution is 6.33. The van der Waals surface area contributed by atoms with Crippen molar-refractivity contribution in [3.63, 3.8) is 0 Å². The molecule has 2 fully saturated rings. The number of methoxy groups -OCH3 is 1. The van der Waals surface area contributed by atoms with Gasteiger partial charge in [-0.05, 0) is 57.7 Å². The Morgan fingerprint density at radius 1 is 1.46 bits per heavy atom. The lowest BCUT2D eigenvalue weighted by molar-refractivity contribution is 0.0939. The Labute approximate surface area is 160 Å². The van der Waals surface area contributed by atoms with Crippen LogP contribution in [-0.4, -0.2) is 43.1 Å². The highest BCUT2D eigenvalue weighted by atomic mass is 35.5. The molecule has 0 saturated carbocycles. The first-order valence-electron chi connectivity index (χ1n) is 9.31. The summed E-state index contributed by atoms with van der Waals surface area (Å²) in [6.45, 7) is 6.78. The molecule has 0 unspecified atom stereocenters. The van der Waals surface area contributed by atoms with Crippen molar-refractivity contribution in [2.75, 3.05) is 32.5 Å². The number of rotatable bonds is 7. The molecule has 3 rings (SSSR count). The van der Waals surface area contributed by atoms with E-state index >= 15 is 0 Å². The van der Waals surface area contributed by atoms with E-state index in [2.05, 4.69) is 16.8 Å². The van der Waals surface area contributed by atoms with E-state index in [4.69, 9.17) is 22.1 Å². The lowest BCUT2D eigenvalue weighted by Gasteiger charge is -2.32. The van der Waals surface area contributed by atoms with Crippen LogP contribution < -0.4 is 15.8 Å². The van der Waals surface area contributed by atoms with Gasteiger partial charge in [-0.25, -0.2) is 0 Å². The van der Waals surface area contributed by atoms with Gasteiger partial charge in [-0.2, -0.15) is 0 Å². The zero-order valence-corrected chi connectivity index (χ0v) is 16.2. The molecule has 26 heavy (non-hydrogen) atoms. The van der Waals surface area contributed by atoms with Gasteiger partial charge in [-0.1, -0.05) is 17.7 Å². The van der Waals surface area contributed by atoms with Gasteiger partial charge in [-0.3, -0.25) is 9.69 Å². The number of nitrogen functional groups attached to an aromatic ring is 1. The summed E-state index contributed by atoms with van der Waals surface area (Å²) in [4.78, 5) is 15.4. The molecule has 0 radical (unpaired) electrons. The molecule has 1 aromatic carbocycles. The summed E-state index contributed by atoms with van der Waals surface area (Å²) < 4.78 is 5.48. The number of fused-ring (bicyclic) bond motifs is 1. The average molecular weight is 378 g/mol. The van der Waals surface area contributed by atoms with Crippen LogP contribution in [0.5, 0.6) is 5.75 Å². The van der Waals surface area contributed by atoms with Crippen LogP contribution in [0.1, 0.15) is 48.0 Å². The number of nitrogens with two attached hydrogens (primary N) is 1. The summed E-state index contributed by atoms with van der Waals surface area (Å²) in [5, 5.41) is 3.42. The van der Waals surface area contributed by atoms with Gasteiger partial charge in [0.25, 0.3) is 5.91 Å². The lowest BCUT2D eigenvalue weighted by Crippen LogP contribution is -2.41. The minimum absolute atomic E-state index is 0.173. The zero-order valence-electron chi connectivity index (χ0n) is 15.4. The van der Waals surface area contributed by atoms with E-state index in [9.17, 15) is 4.79 Å². The first-order chi connectivity index (χ1) is 12.5. The van der Waals surface area contributed by atoms with Gasteiger partial charge in [0.15, 0.2) is 0 Å². The molecule has 3 N–H and O–H groups in total. The van der Waals surface area contributed by atoms with E-state index in [1.165, 1.54) is 38.8 Å². The highest BCUT2D eigenvalue weighted by Gasteiger charge is 2.43. The number of anilines is 1. The van der Waals surface area contributed by atoms with E-state index in [1.54, 1.807) is 19.3 Å². The maximum atomic E-state index is 12.8. The number of benzene rings is 1. The van der Waals surface area contributed by atoms with Crippen LogP contribution in [0, 0.1) is 0 Å². The third kappa shape index (κ3) is 3.42. The number of hydrogen-bond acceptors (Lipinski definition) is 4. The summed E-state index contributed by atoms with van der Waals surface area (Å²) in [5.74, 6) is 0.304. The number of carbonyl (C=O) groups is 1. The summed E-state index contributed by atoms with van der Waals surface area (Å²) in [5.41, 5.74) is 7.92. The van der Waals surface area contributed by atoms with Gasteiger partial charge >= 0.3 is 0 Å². The molecule has 0 aromatic heterocycles. The van der Waals surface area contributed by atoms with Crippen LogP contribution in [0.25, 0.3) is 0 Å². The topological polar surface area (TPSA) is 67.6 Å². The van der Waals surface area contributed by atoms with Gasteiger partial charge in [0.2, 0.25) is 0 Å². The normalized spacial score (nSPS) is 18.5. The number of ether oxygens (including phenoxy) is 1. The molecule has 0 spiro atoms. The largest absolute Gasteiger partial charge is 0.496 e. The first-order valence-corrected chi connectivity index (χ1v) is 9.69. The van der Waals surface area contributed by atoms with Crippen LogP contribution in [-0.2, 0) is 6.42 Å². The molecule has 2 aliphatic rings. The Hall–Kier alpha value is -1.72. The van der Waals surface area contributed by atoms with E-state index in [1.807, 2.05) is 0 Å². The fourth-order valence-corrected chi connectivity index (χ4v) is 4.81. The fraction of sp³-hybridized carbons (Fsp3) is 0.550. The number of nitrogens with one attached hydrogen (secondary N) is 1. The first kappa shape index (κ1) is 19.1. The summed E-state index contributed by atoms with van der Waals surface area (Å²) in [6.07, 6.45) is 8.21. The Morgan fingerprint density at radius 2 is 2.15 bits per heavy atom. The fourth-order valence-electron chi connectivity index (χ4n) is 4.59. The predicted octanol–water partition coefficient (Wildman–Crippen LogP) is 3.41. The molecule has 5 nitrogen and oxygen atoms in total. The number of nitrogens with zero attached hydrogens (tertiary/aromatic N) is 1. The van der Waals surface area contributed by atoms with Crippen molar-refractivity contribution in [3.8, 4) is 5.75 Å². The van der Waals surface area contributed by atoms with Crippen molar-refractivity contribution in [2.45, 2.75) is 44.1 Å². The smallest absolute Gasteiger partial charge is 0.255 e. The van der Waals surface area contributed by atoms with Crippen molar-refractivity contribution in [3.05, 3.63) is 34.9 Å². The molecular formula is C20H28ClN3O2. The predicted molar refractivity (Wildman–Crippen MR) is 106 cm³/mol.